The molecule has 3 fully saturated rings. The maximum atomic E-state index is 13.9. The highest BCUT2D eigenvalue weighted by Gasteiger charge is 2.77. The topological polar surface area (TPSA) is 113 Å². The molecule has 8 nitrogen and oxygen atoms in total. The van der Waals surface area contributed by atoms with Crippen LogP contribution in [0.3, 0.4) is 0 Å². The summed E-state index contributed by atoms with van der Waals surface area (Å²) in [4.78, 5) is 32.9. The smallest absolute Gasteiger partial charge is 0.240 e. The highest BCUT2D eigenvalue weighted by molar-refractivity contribution is 6.35. The lowest BCUT2D eigenvalue weighted by Crippen LogP contribution is -2.49. The van der Waals surface area contributed by atoms with E-state index in [1.54, 1.807) is 31.2 Å². The summed E-state index contributed by atoms with van der Waals surface area (Å²) >= 11 is 12.1. The predicted molar refractivity (Wildman–Crippen MR) is 135 cm³/mol. The van der Waals surface area contributed by atoms with Gasteiger partial charge in [0.15, 0.2) is 0 Å². The van der Waals surface area contributed by atoms with Crippen molar-refractivity contribution in [3.8, 4) is 11.9 Å². The highest BCUT2D eigenvalue weighted by atomic mass is 35.5. The number of nitriles is 1. The van der Waals surface area contributed by atoms with E-state index in [0.29, 0.717) is 10.4 Å². The SMILES string of the molecule is CC12OC(CCOc3ncc(Cl)cc3Cl)(CC1O)C1C(=O)N(c3ccc4ccccc4c3C#N)C(=O)C12. The van der Waals surface area contributed by atoms with Gasteiger partial charge in [-0.1, -0.05) is 53.5 Å². The summed E-state index contributed by atoms with van der Waals surface area (Å²) in [5.41, 5.74) is -1.87. The van der Waals surface area contributed by atoms with Gasteiger partial charge in [0.25, 0.3) is 0 Å². The Morgan fingerprint density at radius 2 is 1.97 bits per heavy atom. The molecule has 2 amide bonds. The fourth-order valence-corrected chi connectivity index (χ4v) is 6.69. The average Bonchev–Trinajstić information content (AvgIpc) is 3.40. The second-order valence-corrected chi connectivity index (χ2v) is 10.7. The Kier molecular flexibility index (Phi) is 5.48. The van der Waals surface area contributed by atoms with Crippen LogP contribution in [-0.4, -0.2) is 45.8 Å². The molecule has 3 aliphatic rings. The first kappa shape index (κ1) is 24.1. The van der Waals surface area contributed by atoms with Gasteiger partial charge in [-0.05, 0) is 24.4 Å². The van der Waals surface area contributed by atoms with E-state index in [1.807, 2.05) is 12.1 Å². The van der Waals surface area contributed by atoms with Gasteiger partial charge in [-0.3, -0.25) is 9.59 Å². The van der Waals surface area contributed by atoms with Crippen molar-refractivity contribution < 1.29 is 24.2 Å². The van der Waals surface area contributed by atoms with E-state index < -0.39 is 41.0 Å². The third-order valence-electron chi connectivity index (χ3n) is 7.91. The Morgan fingerprint density at radius 1 is 1.22 bits per heavy atom. The maximum absolute atomic E-state index is 13.9. The predicted octanol–water partition coefficient (Wildman–Crippen LogP) is 4.28. The molecule has 6 rings (SSSR count). The number of nitrogens with zero attached hydrogens (tertiary/aromatic N) is 3. The van der Waals surface area contributed by atoms with Gasteiger partial charge in [-0.2, -0.15) is 5.26 Å². The van der Waals surface area contributed by atoms with Gasteiger partial charge in [0.2, 0.25) is 17.7 Å². The van der Waals surface area contributed by atoms with Crippen LogP contribution in [0.4, 0.5) is 5.69 Å². The molecule has 37 heavy (non-hydrogen) atoms. The molecule has 1 N–H and O–H groups in total. The second kappa shape index (κ2) is 8.40. The number of hydrogen-bond acceptors (Lipinski definition) is 7. The average molecular weight is 538 g/mol. The number of fused-ring (bicyclic) bond motifs is 6. The minimum atomic E-state index is -1.24. The third-order valence-corrected chi connectivity index (χ3v) is 8.39. The molecule has 5 unspecified atom stereocenters. The van der Waals surface area contributed by atoms with E-state index in [2.05, 4.69) is 11.1 Å². The summed E-state index contributed by atoms with van der Waals surface area (Å²) in [6.07, 6.45) is 0.852. The largest absolute Gasteiger partial charge is 0.476 e. The number of aromatic nitrogens is 1. The molecule has 0 radical (unpaired) electrons. The molecule has 5 atom stereocenters. The lowest BCUT2D eigenvalue weighted by atomic mass is 9.66. The number of aliphatic hydroxyl groups is 1. The van der Waals surface area contributed by atoms with E-state index >= 15 is 0 Å². The summed E-state index contributed by atoms with van der Waals surface area (Å²) < 4.78 is 12.1. The van der Waals surface area contributed by atoms with Crippen LogP contribution in [0.1, 0.15) is 25.3 Å². The molecule has 0 spiro atoms. The van der Waals surface area contributed by atoms with Crippen LogP contribution in [-0.2, 0) is 14.3 Å². The number of benzene rings is 2. The molecule has 2 aromatic carbocycles. The van der Waals surface area contributed by atoms with E-state index in [1.165, 1.54) is 12.3 Å². The van der Waals surface area contributed by atoms with Crippen molar-refractivity contribution in [1.29, 1.82) is 5.26 Å². The van der Waals surface area contributed by atoms with Crippen molar-refractivity contribution in [2.75, 3.05) is 11.5 Å². The molecule has 188 valence electrons. The van der Waals surface area contributed by atoms with Crippen molar-refractivity contribution >= 4 is 51.5 Å². The Hall–Kier alpha value is -3.22. The van der Waals surface area contributed by atoms with Gasteiger partial charge in [0.1, 0.15) is 16.7 Å². The van der Waals surface area contributed by atoms with E-state index in [0.717, 1.165) is 10.3 Å². The number of carbonyl (C=O) groups excluding carboxylic acids is 2. The number of imide groups is 1. The summed E-state index contributed by atoms with van der Waals surface area (Å²) in [5.74, 6) is -2.46. The monoisotopic (exact) mass is 537 g/mol. The Morgan fingerprint density at radius 3 is 2.73 bits per heavy atom. The summed E-state index contributed by atoms with van der Waals surface area (Å²) in [6.45, 7) is 1.75. The lowest BCUT2D eigenvalue weighted by molar-refractivity contribution is -0.134. The van der Waals surface area contributed by atoms with Gasteiger partial charge >= 0.3 is 0 Å². The first-order valence-electron chi connectivity index (χ1n) is 11.8. The van der Waals surface area contributed by atoms with Gasteiger partial charge in [-0.25, -0.2) is 9.88 Å². The molecule has 10 heteroatoms. The van der Waals surface area contributed by atoms with E-state index in [9.17, 15) is 20.0 Å². The lowest BCUT2D eigenvalue weighted by Gasteiger charge is -2.33. The molecular formula is C27H21Cl2N3O5. The maximum Gasteiger partial charge on any atom is 0.240 e. The number of rotatable bonds is 5. The Labute approximate surface area is 222 Å². The first-order valence-corrected chi connectivity index (χ1v) is 12.6. The first-order chi connectivity index (χ1) is 17.7. The molecule has 3 aromatic rings. The number of ether oxygens (including phenoxy) is 2. The van der Waals surface area contributed by atoms with Gasteiger partial charge < -0.3 is 14.6 Å². The van der Waals surface area contributed by atoms with Crippen LogP contribution in [0.5, 0.6) is 5.88 Å². The number of aliphatic hydroxyl groups excluding tert-OH is 1. The van der Waals surface area contributed by atoms with Crippen LogP contribution in [0.2, 0.25) is 10.0 Å². The minimum Gasteiger partial charge on any atom is -0.476 e. The number of pyridine rings is 1. The standard InChI is InChI=1S/C27H21Cl2N3O5/c1-26-20(33)11-27(37-26,8-9-36-23-18(29)10-15(28)13-31-23)22-21(26)24(34)32(25(22)35)19-7-6-14-4-2-3-5-16(14)17(19)12-30/h2-7,10,13,20-22,33H,8-9,11H2,1H3. The van der Waals surface area contributed by atoms with Gasteiger partial charge in [-0.15, -0.1) is 0 Å². The third kappa shape index (κ3) is 3.39. The van der Waals surface area contributed by atoms with Crippen molar-refractivity contribution in [3.63, 3.8) is 0 Å². The molecule has 1 aromatic heterocycles. The highest BCUT2D eigenvalue weighted by Crippen LogP contribution is 2.62. The summed E-state index contributed by atoms with van der Waals surface area (Å²) in [5, 5.41) is 23.0. The molecule has 2 bridgehead atoms. The van der Waals surface area contributed by atoms with E-state index in [4.69, 9.17) is 32.7 Å². The zero-order valence-corrected chi connectivity index (χ0v) is 21.2. The zero-order chi connectivity index (χ0) is 26.1. The van der Waals surface area contributed by atoms with Crippen LogP contribution in [0.25, 0.3) is 10.8 Å². The molecule has 4 heterocycles. The molecule has 0 saturated carbocycles. The van der Waals surface area contributed by atoms with Crippen LogP contribution < -0.4 is 9.64 Å². The number of halogens is 2. The Bertz CT molecular complexity index is 1520. The van der Waals surface area contributed by atoms with Gasteiger partial charge in [0.05, 0.1) is 46.4 Å². The molecule has 0 aliphatic carbocycles. The van der Waals surface area contributed by atoms with Crippen molar-refractivity contribution in [1.82, 2.24) is 4.98 Å². The number of carbonyl (C=O) groups is 2. The summed E-state index contributed by atoms with van der Waals surface area (Å²) in [6, 6.07) is 14.4. The Balaban J connectivity index is 1.35. The normalized spacial score (nSPS) is 30.1. The minimum absolute atomic E-state index is 0.0846. The molecule has 3 aliphatic heterocycles. The van der Waals surface area contributed by atoms with Gasteiger partial charge in [0, 0.05) is 24.4 Å². The molecular weight excluding hydrogens is 517 g/mol. The fourth-order valence-electron chi connectivity index (χ4n) is 6.25. The number of anilines is 1. The van der Waals surface area contributed by atoms with Crippen LogP contribution in [0, 0.1) is 23.2 Å². The van der Waals surface area contributed by atoms with Crippen LogP contribution in [0.15, 0.2) is 48.7 Å². The van der Waals surface area contributed by atoms with Crippen molar-refractivity contribution in [2.45, 2.75) is 37.1 Å². The number of amides is 2. The zero-order valence-electron chi connectivity index (χ0n) is 19.6. The number of hydrogen-bond donors (Lipinski definition) is 1. The van der Waals surface area contributed by atoms with E-state index in [-0.39, 0.29) is 41.6 Å². The second-order valence-electron chi connectivity index (χ2n) is 9.87. The fraction of sp³-hybridized carbons (Fsp3) is 0.333. The van der Waals surface area contributed by atoms with Crippen molar-refractivity contribution in [3.05, 3.63) is 64.3 Å². The van der Waals surface area contributed by atoms with Crippen molar-refractivity contribution in [2.24, 2.45) is 11.8 Å². The summed E-state index contributed by atoms with van der Waals surface area (Å²) in [7, 11) is 0. The van der Waals surface area contributed by atoms with Crippen LogP contribution >= 0.6 is 23.2 Å². The quantitative estimate of drug-likeness (QED) is 0.483. The molecule has 3 saturated heterocycles.